The van der Waals surface area contributed by atoms with E-state index in [4.69, 9.17) is 9.47 Å². The third-order valence-corrected chi connectivity index (χ3v) is 14.5. The van der Waals surface area contributed by atoms with Crippen LogP contribution in [-0.4, -0.2) is 265 Å². The topological polar surface area (TPSA) is 456 Å². The Morgan fingerprint density at radius 3 is 1.38 bits per heavy atom. The number of nitrogens with zero attached hydrogens (tertiary/aromatic N) is 4. The van der Waals surface area contributed by atoms with Gasteiger partial charge < -0.3 is 77.0 Å². The Morgan fingerprint density at radius 2 is 0.933 bits per heavy atom. The van der Waals surface area contributed by atoms with Crippen molar-refractivity contribution in [1.82, 2.24) is 56.8 Å². The van der Waals surface area contributed by atoms with Crippen molar-refractivity contribution in [3.05, 3.63) is 35.9 Å². The smallest absolute Gasteiger partial charge is 0.328 e. The average molecular weight is 1280 g/mol. The molecule has 1 saturated heterocycles. The van der Waals surface area contributed by atoms with E-state index < -0.39 is 115 Å². The summed E-state index contributed by atoms with van der Waals surface area (Å²) in [6, 6.07) is 1.66. The number of aliphatic carboxylic acids is 5. The fourth-order valence-corrected chi connectivity index (χ4v) is 9.62. The molecule has 0 aromatic heterocycles. The van der Waals surface area contributed by atoms with Crippen LogP contribution in [0.15, 0.2) is 30.3 Å². The van der Waals surface area contributed by atoms with Crippen molar-refractivity contribution in [2.45, 2.75) is 139 Å². The van der Waals surface area contributed by atoms with E-state index in [1.165, 1.54) is 14.7 Å². The van der Waals surface area contributed by atoms with E-state index in [0.29, 0.717) is 69.8 Å². The largest absolute Gasteiger partial charge is 0.480 e. The minimum atomic E-state index is -1.34. The molecule has 1 fully saturated rings. The molecule has 1 aliphatic rings. The minimum absolute atomic E-state index is 0.00933. The monoisotopic (exact) mass is 1280 g/mol. The molecule has 504 valence electrons. The second kappa shape index (κ2) is 45.0. The SMILES string of the molecule is COC(=O)[C@H](CCCCNC(=O)CCCCCCC(=O)NCCCC[C@@H](NC(=O)[C@@H](Cc1ccccc1)NC(=O)CNC(=O)CC[C@@H](C(=O)O)N1CCN(CC(=O)O)CCN(CC(=O)O)CCN(CC(=O)O)CC1)C(=O)OC)NC(=O)N[C@@H](CCC=O)C(=O)O. The molecule has 1 aromatic rings. The molecular weight excluding hydrogens is 1190 g/mol. The maximum Gasteiger partial charge on any atom is 0.328 e. The summed E-state index contributed by atoms with van der Waals surface area (Å²) in [5.74, 6) is -10.2. The van der Waals surface area contributed by atoms with E-state index in [9.17, 15) is 92.7 Å². The van der Waals surface area contributed by atoms with Crippen molar-refractivity contribution in [1.29, 1.82) is 0 Å². The molecule has 5 atom stereocenters. The first-order valence-electron chi connectivity index (χ1n) is 30.1. The number of aldehydes is 1. The van der Waals surface area contributed by atoms with Gasteiger partial charge in [-0.05, 0) is 69.8 Å². The van der Waals surface area contributed by atoms with Crippen LogP contribution in [0.5, 0.6) is 0 Å². The van der Waals surface area contributed by atoms with Crippen molar-refractivity contribution < 1.29 is 102 Å². The molecule has 1 aliphatic heterocycles. The number of benzene rings is 1. The zero-order valence-corrected chi connectivity index (χ0v) is 51.3. The van der Waals surface area contributed by atoms with Crippen LogP contribution >= 0.6 is 0 Å². The van der Waals surface area contributed by atoms with Crippen molar-refractivity contribution >= 4 is 83.6 Å². The van der Waals surface area contributed by atoms with Gasteiger partial charge in [-0.1, -0.05) is 43.2 Å². The van der Waals surface area contributed by atoms with Crippen LogP contribution in [0.3, 0.4) is 0 Å². The number of nitrogens with one attached hydrogen (secondary N) is 7. The van der Waals surface area contributed by atoms with Crippen molar-refractivity contribution in [2.75, 3.05) is 106 Å². The Balaban J connectivity index is 1.86. The quantitative estimate of drug-likeness (QED) is 0.0199. The maximum atomic E-state index is 13.8. The first kappa shape index (κ1) is 77.7. The molecule has 1 aromatic carbocycles. The maximum absolute atomic E-state index is 13.8. The van der Waals surface area contributed by atoms with Gasteiger partial charge in [-0.25, -0.2) is 19.2 Å². The van der Waals surface area contributed by atoms with Crippen LogP contribution in [0.4, 0.5) is 4.79 Å². The predicted molar refractivity (Wildman–Crippen MR) is 319 cm³/mol. The van der Waals surface area contributed by atoms with Gasteiger partial charge in [-0.3, -0.25) is 62.8 Å². The molecule has 12 N–H and O–H groups in total. The van der Waals surface area contributed by atoms with Crippen LogP contribution < -0.4 is 37.2 Å². The number of hydrogen-bond acceptors (Lipinski definition) is 20. The highest BCUT2D eigenvalue weighted by molar-refractivity contribution is 5.92. The van der Waals surface area contributed by atoms with Gasteiger partial charge >= 0.3 is 47.8 Å². The van der Waals surface area contributed by atoms with E-state index >= 15 is 0 Å². The van der Waals surface area contributed by atoms with Gasteiger partial charge in [0.1, 0.15) is 36.5 Å². The molecule has 2 rings (SSSR count). The summed E-state index contributed by atoms with van der Waals surface area (Å²) in [6.45, 7) is -0.706. The van der Waals surface area contributed by atoms with Gasteiger partial charge in [0.15, 0.2) is 0 Å². The number of rotatable bonds is 43. The van der Waals surface area contributed by atoms with Gasteiger partial charge in [0.05, 0.1) is 40.4 Å². The molecular formula is C58H91N11O21. The summed E-state index contributed by atoms with van der Waals surface area (Å²) in [6.07, 6.45) is 4.68. The van der Waals surface area contributed by atoms with Crippen molar-refractivity contribution in [2.24, 2.45) is 0 Å². The molecule has 90 heavy (non-hydrogen) atoms. The van der Waals surface area contributed by atoms with E-state index in [2.05, 4.69) is 37.2 Å². The van der Waals surface area contributed by atoms with E-state index in [1.807, 2.05) is 0 Å². The molecule has 0 radical (unpaired) electrons. The Morgan fingerprint density at radius 1 is 0.478 bits per heavy atom. The van der Waals surface area contributed by atoms with Gasteiger partial charge in [0.2, 0.25) is 29.5 Å². The minimum Gasteiger partial charge on any atom is -0.480 e. The fraction of sp³-hybridized carbons (Fsp3) is 0.655. The number of carboxylic acids is 5. The third-order valence-electron chi connectivity index (χ3n) is 14.5. The molecule has 7 amide bonds. The molecule has 0 unspecified atom stereocenters. The number of methoxy groups -OCH3 is 2. The number of esters is 2. The lowest BCUT2D eigenvalue weighted by Gasteiger charge is -2.35. The van der Waals surface area contributed by atoms with E-state index in [1.54, 1.807) is 35.2 Å². The Bertz CT molecular complexity index is 2460. The van der Waals surface area contributed by atoms with E-state index in [0.717, 1.165) is 14.2 Å². The van der Waals surface area contributed by atoms with Gasteiger partial charge in [-0.15, -0.1) is 0 Å². The van der Waals surface area contributed by atoms with Crippen LogP contribution in [0.25, 0.3) is 0 Å². The van der Waals surface area contributed by atoms with Crippen molar-refractivity contribution in [3.63, 3.8) is 0 Å². The molecule has 0 bridgehead atoms. The summed E-state index contributed by atoms with van der Waals surface area (Å²) >= 11 is 0. The fourth-order valence-electron chi connectivity index (χ4n) is 9.62. The van der Waals surface area contributed by atoms with Crippen LogP contribution in [-0.2, 0) is 78.2 Å². The molecule has 0 aliphatic carbocycles. The number of amides is 7. The number of ether oxygens (including phenoxy) is 2. The molecule has 0 spiro atoms. The normalized spacial score (nSPS) is 15.2. The highest BCUT2D eigenvalue weighted by Crippen LogP contribution is 2.13. The number of hydrogen-bond donors (Lipinski definition) is 12. The second-order valence-corrected chi connectivity index (χ2v) is 21.5. The summed E-state index contributed by atoms with van der Waals surface area (Å²) in [5.41, 5.74) is 0.649. The van der Waals surface area contributed by atoms with E-state index in [-0.39, 0.29) is 135 Å². The van der Waals surface area contributed by atoms with Crippen molar-refractivity contribution in [3.8, 4) is 0 Å². The third kappa shape index (κ3) is 35.0. The zero-order valence-electron chi connectivity index (χ0n) is 51.3. The first-order chi connectivity index (χ1) is 42.9. The highest BCUT2D eigenvalue weighted by Gasteiger charge is 2.31. The lowest BCUT2D eigenvalue weighted by Crippen LogP contribution is -2.54. The van der Waals surface area contributed by atoms with Gasteiger partial charge in [0, 0.05) is 97.6 Å². The lowest BCUT2D eigenvalue weighted by molar-refractivity contribution is -0.146. The Kier molecular flexibility index (Phi) is 38.8. The summed E-state index contributed by atoms with van der Waals surface area (Å²) in [4.78, 5) is 179. The number of carboxylic acid groups (broad SMARTS) is 5. The number of carbonyl (C=O) groups excluding carboxylic acids is 9. The average Bonchev–Trinajstić information content (AvgIpc) is 3.59. The molecule has 1 heterocycles. The van der Waals surface area contributed by atoms with Crippen LogP contribution in [0.2, 0.25) is 0 Å². The second-order valence-electron chi connectivity index (χ2n) is 21.5. The van der Waals surface area contributed by atoms with Crippen LogP contribution in [0, 0.1) is 0 Å². The number of unbranched alkanes of at least 4 members (excludes halogenated alkanes) is 5. The standard InChI is InChI=1S/C58H91N11O21/c1-89-56(86)42(17-10-12-24-59-46(71)20-8-3-4-9-21-47(72)60-25-13-11-18-43(57(87)90-2)65-58(88)64-41(54(82)83)19-14-34-70)63-53(81)44(35-40-15-6-5-7-16-40)62-49(74)36-61-48(73)23-22-45(55(84)85)69-32-30-67(38-51(77)78)28-26-66(37-50(75)76)27-29-68(31-33-69)39-52(79)80/h5-7,15-16,34,41-45H,3-4,8-14,17-33,35-39H2,1-2H3,(H,59,71)(H,60,72)(H,61,73)(H,62,74)(H,63,81)(H,75,76)(H,77,78)(H,79,80)(H,82,83)(H,84,85)(H2,64,65,88)/t41-,42+,43-,44+,45-/m0/s1. The first-order valence-corrected chi connectivity index (χ1v) is 30.1. The molecule has 32 heteroatoms. The summed E-state index contributed by atoms with van der Waals surface area (Å²) < 4.78 is 9.70. The predicted octanol–water partition coefficient (Wildman–Crippen LogP) is -1.62. The Labute approximate surface area is 522 Å². The highest BCUT2D eigenvalue weighted by atomic mass is 16.5. The molecule has 32 nitrogen and oxygen atoms in total. The zero-order chi connectivity index (χ0) is 66.8. The van der Waals surface area contributed by atoms with Crippen LogP contribution in [0.1, 0.15) is 108 Å². The summed E-state index contributed by atoms with van der Waals surface area (Å²) in [7, 11) is 2.29. The van der Waals surface area contributed by atoms with Gasteiger partial charge in [-0.2, -0.15) is 0 Å². The van der Waals surface area contributed by atoms with Gasteiger partial charge in [0.25, 0.3) is 0 Å². The number of urea groups is 1. The molecule has 0 saturated carbocycles. The Hall–Kier alpha value is -8.36. The summed E-state index contributed by atoms with van der Waals surface area (Å²) in [5, 5.41) is 66.2. The lowest BCUT2D eigenvalue weighted by atomic mass is 10.0. The number of carbonyl (C=O) groups is 14.